The Morgan fingerprint density at radius 1 is 1.33 bits per heavy atom. The maximum Gasteiger partial charge on any atom is 0.0814 e. The lowest BCUT2D eigenvalue weighted by Gasteiger charge is -2.33. The minimum absolute atomic E-state index is 0.0405. The molecule has 2 rings (SSSR count). The minimum atomic E-state index is -0.456. The third-order valence-electron chi connectivity index (χ3n) is 3.77. The zero-order valence-corrected chi connectivity index (χ0v) is 13.3. The number of nitrogens with one attached hydrogen (secondary N) is 1. The van der Waals surface area contributed by atoms with E-state index in [2.05, 4.69) is 10.4 Å². The first-order valence-corrected chi connectivity index (χ1v) is 7.60. The van der Waals surface area contributed by atoms with E-state index in [1.807, 2.05) is 55.1 Å². The van der Waals surface area contributed by atoms with Crippen LogP contribution >= 0.6 is 11.6 Å². The molecular formula is C16H22ClN3O. The Labute approximate surface area is 130 Å². The first-order chi connectivity index (χ1) is 10.1. The lowest BCUT2D eigenvalue weighted by molar-refractivity contribution is 0.146. The molecule has 0 saturated heterocycles. The van der Waals surface area contributed by atoms with Crippen LogP contribution in [0.1, 0.15) is 24.6 Å². The minimum Gasteiger partial charge on any atom is -0.394 e. The molecule has 0 aliphatic carbocycles. The monoisotopic (exact) mass is 307 g/mol. The number of aliphatic hydroxyl groups is 1. The molecule has 4 nitrogen and oxygen atoms in total. The molecule has 0 spiro atoms. The summed E-state index contributed by atoms with van der Waals surface area (Å²) in [5.41, 5.74) is 1.46. The lowest BCUT2D eigenvalue weighted by Crippen LogP contribution is -2.46. The standard InChI is InChI=1S/C16H22ClN3O/c1-3-18-16(12-21,14-7-5-4-6-8-14)9-10-20-11-15(17)13(2)19-20/h4-8,11,18,21H,3,9-10,12H2,1-2H3. The van der Waals surface area contributed by atoms with Gasteiger partial charge in [-0.25, -0.2) is 0 Å². The van der Waals surface area contributed by atoms with Gasteiger partial charge >= 0.3 is 0 Å². The SMILES string of the molecule is CCNC(CO)(CCn1cc(Cl)c(C)n1)c1ccccc1. The predicted octanol–water partition coefficient (Wildman–Crippen LogP) is 2.73. The van der Waals surface area contributed by atoms with Gasteiger partial charge in [-0.2, -0.15) is 5.10 Å². The van der Waals surface area contributed by atoms with Crippen molar-refractivity contribution in [1.29, 1.82) is 0 Å². The number of halogens is 1. The smallest absolute Gasteiger partial charge is 0.0814 e. The van der Waals surface area contributed by atoms with E-state index >= 15 is 0 Å². The number of benzene rings is 1. The summed E-state index contributed by atoms with van der Waals surface area (Å²) in [6.45, 7) is 5.45. The van der Waals surface area contributed by atoms with Crippen LogP contribution in [-0.2, 0) is 12.1 Å². The zero-order chi connectivity index (χ0) is 15.3. The van der Waals surface area contributed by atoms with Gasteiger partial charge in [-0.05, 0) is 25.5 Å². The summed E-state index contributed by atoms with van der Waals surface area (Å²) in [7, 11) is 0. The normalized spacial score (nSPS) is 14.1. The van der Waals surface area contributed by atoms with Gasteiger partial charge in [0.2, 0.25) is 0 Å². The quantitative estimate of drug-likeness (QED) is 0.827. The molecule has 1 aromatic heterocycles. The summed E-state index contributed by atoms with van der Waals surface area (Å²) in [5.74, 6) is 0. The van der Waals surface area contributed by atoms with Gasteiger partial charge in [0.15, 0.2) is 0 Å². The van der Waals surface area contributed by atoms with Crippen molar-refractivity contribution in [3.05, 3.63) is 52.8 Å². The first-order valence-electron chi connectivity index (χ1n) is 7.22. The summed E-state index contributed by atoms with van der Waals surface area (Å²) < 4.78 is 1.84. The summed E-state index contributed by atoms with van der Waals surface area (Å²) in [4.78, 5) is 0. The Balaban J connectivity index is 2.20. The van der Waals surface area contributed by atoms with Crippen LogP contribution in [-0.4, -0.2) is 28.0 Å². The number of aliphatic hydroxyl groups excluding tert-OH is 1. The molecule has 0 fully saturated rings. The first kappa shape index (κ1) is 16.0. The predicted molar refractivity (Wildman–Crippen MR) is 85.5 cm³/mol. The molecule has 0 aliphatic rings. The van der Waals surface area contributed by atoms with E-state index in [1.165, 1.54) is 0 Å². The fraction of sp³-hybridized carbons (Fsp3) is 0.438. The average Bonchev–Trinajstić information content (AvgIpc) is 2.83. The van der Waals surface area contributed by atoms with Gasteiger partial charge in [-0.3, -0.25) is 4.68 Å². The number of nitrogens with zero attached hydrogens (tertiary/aromatic N) is 2. The number of likely N-dealkylation sites (N-methyl/N-ethyl adjacent to an activating group) is 1. The molecule has 1 atom stereocenters. The highest BCUT2D eigenvalue weighted by Gasteiger charge is 2.30. The molecule has 0 aliphatic heterocycles. The van der Waals surface area contributed by atoms with Crippen LogP contribution in [0.3, 0.4) is 0 Å². The Kier molecular flexibility index (Phi) is 5.39. The van der Waals surface area contributed by atoms with Crippen molar-refractivity contribution in [2.24, 2.45) is 0 Å². The second-order valence-electron chi connectivity index (χ2n) is 5.21. The summed E-state index contributed by atoms with van der Waals surface area (Å²) in [6.07, 6.45) is 2.56. The number of hydrogen-bond donors (Lipinski definition) is 2. The summed E-state index contributed by atoms with van der Waals surface area (Å²) >= 11 is 6.04. The van der Waals surface area contributed by atoms with Crippen molar-refractivity contribution >= 4 is 11.6 Å². The molecular weight excluding hydrogens is 286 g/mol. The Morgan fingerprint density at radius 2 is 2.05 bits per heavy atom. The maximum atomic E-state index is 9.98. The molecule has 0 saturated carbocycles. The topological polar surface area (TPSA) is 50.1 Å². The second kappa shape index (κ2) is 7.07. The highest BCUT2D eigenvalue weighted by Crippen LogP contribution is 2.26. The van der Waals surface area contributed by atoms with Crippen LogP contribution < -0.4 is 5.32 Å². The Morgan fingerprint density at radius 3 is 2.57 bits per heavy atom. The molecule has 21 heavy (non-hydrogen) atoms. The van der Waals surface area contributed by atoms with Crippen molar-refractivity contribution < 1.29 is 5.11 Å². The maximum absolute atomic E-state index is 9.98. The average molecular weight is 308 g/mol. The fourth-order valence-electron chi connectivity index (χ4n) is 2.57. The molecule has 114 valence electrons. The van der Waals surface area contributed by atoms with Crippen LogP contribution in [0.5, 0.6) is 0 Å². The lowest BCUT2D eigenvalue weighted by atomic mass is 9.87. The molecule has 2 aromatic rings. The van der Waals surface area contributed by atoms with Crippen LogP contribution in [0, 0.1) is 6.92 Å². The van der Waals surface area contributed by atoms with Crippen LogP contribution in [0.25, 0.3) is 0 Å². The van der Waals surface area contributed by atoms with Gasteiger partial charge in [-0.1, -0.05) is 48.9 Å². The highest BCUT2D eigenvalue weighted by molar-refractivity contribution is 6.31. The zero-order valence-electron chi connectivity index (χ0n) is 12.5. The second-order valence-corrected chi connectivity index (χ2v) is 5.62. The molecule has 1 unspecified atom stereocenters. The van der Waals surface area contributed by atoms with Crippen LogP contribution in [0.2, 0.25) is 5.02 Å². The molecule has 0 radical (unpaired) electrons. The highest BCUT2D eigenvalue weighted by atomic mass is 35.5. The molecule has 5 heteroatoms. The van der Waals surface area contributed by atoms with Crippen LogP contribution in [0.4, 0.5) is 0 Å². The van der Waals surface area contributed by atoms with E-state index in [9.17, 15) is 5.11 Å². The van der Waals surface area contributed by atoms with Crippen molar-refractivity contribution in [3.63, 3.8) is 0 Å². The molecule has 0 amide bonds. The summed E-state index contributed by atoms with van der Waals surface area (Å²) in [6, 6.07) is 10.0. The van der Waals surface area contributed by atoms with E-state index in [0.29, 0.717) is 11.6 Å². The van der Waals surface area contributed by atoms with Crippen molar-refractivity contribution in [3.8, 4) is 0 Å². The van der Waals surface area contributed by atoms with Crippen molar-refractivity contribution in [2.75, 3.05) is 13.2 Å². The van der Waals surface area contributed by atoms with E-state index in [1.54, 1.807) is 0 Å². The van der Waals surface area contributed by atoms with Gasteiger partial charge in [0.05, 0.1) is 22.9 Å². The van der Waals surface area contributed by atoms with E-state index < -0.39 is 5.54 Å². The molecule has 1 heterocycles. The molecule has 2 N–H and O–H groups in total. The Hall–Kier alpha value is -1.36. The Bertz CT molecular complexity index is 551. The molecule has 1 aromatic carbocycles. The van der Waals surface area contributed by atoms with E-state index in [0.717, 1.165) is 24.2 Å². The number of rotatable bonds is 7. The van der Waals surface area contributed by atoms with Gasteiger partial charge in [0, 0.05) is 12.7 Å². The number of aromatic nitrogens is 2. The van der Waals surface area contributed by atoms with Crippen molar-refractivity contribution in [1.82, 2.24) is 15.1 Å². The van der Waals surface area contributed by atoms with Gasteiger partial charge in [0.25, 0.3) is 0 Å². The van der Waals surface area contributed by atoms with E-state index in [-0.39, 0.29) is 6.61 Å². The number of hydrogen-bond acceptors (Lipinski definition) is 3. The van der Waals surface area contributed by atoms with E-state index in [4.69, 9.17) is 11.6 Å². The van der Waals surface area contributed by atoms with Gasteiger partial charge in [0.1, 0.15) is 0 Å². The van der Waals surface area contributed by atoms with Crippen molar-refractivity contribution in [2.45, 2.75) is 32.4 Å². The molecule has 0 bridgehead atoms. The van der Waals surface area contributed by atoms with Gasteiger partial charge < -0.3 is 10.4 Å². The van der Waals surface area contributed by atoms with Gasteiger partial charge in [-0.15, -0.1) is 0 Å². The third-order valence-corrected chi connectivity index (χ3v) is 4.14. The summed E-state index contributed by atoms with van der Waals surface area (Å²) in [5, 5.41) is 18.5. The van der Waals surface area contributed by atoms with Crippen LogP contribution in [0.15, 0.2) is 36.5 Å². The fourth-order valence-corrected chi connectivity index (χ4v) is 2.72. The third kappa shape index (κ3) is 3.64. The largest absolute Gasteiger partial charge is 0.394 e. The number of aryl methyl sites for hydroxylation is 2.